The fourth-order valence-electron chi connectivity index (χ4n) is 1.84. The molecule has 0 aromatic heterocycles. The first-order valence-electron chi connectivity index (χ1n) is 5.65. The van der Waals surface area contributed by atoms with Gasteiger partial charge in [0.25, 0.3) is 5.69 Å². The van der Waals surface area contributed by atoms with E-state index in [2.05, 4.69) is 15.9 Å². The van der Waals surface area contributed by atoms with Gasteiger partial charge in [-0.3, -0.25) is 14.9 Å². The molecule has 0 N–H and O–H groups in total. The lowest BCUT2D eigenvalue weighted by Gasteiger charge is -2.07. The van der Waals surface area contributed by atoms with E-state index in [-0.39, 0.29) is 17.0 Å². The number of ketones is 1. The Kier molecular flexibility index (Phi) is 3.94. The molecule has 0 saturated carbocycles. The third-order valence-electron chi connectivity index (χ3n) is 2.82. The van der Waals surface area contributed by atoms with Gasteiger partial charge in [-0.1, -0.05) is 28.1 Å². The molecule has 2 rings (SSSR count). The molecular weight excluding hydrogens is 329 g/mol. The normalized spacial score (nSPS) is 10.3. The fraction of sp³-hybridized carbons (Fsp3) is 0.0714. The highest BCUT2D eigenvalue weighted by atomic mass is 79.9. The minimum atomic E-state index is -0.558. The summed E-state index contributed by atoms with van der Waals surface area (Å²) in [7, 11) is 0. The number of nitro benzene ring substituents is 1. The molecule has 0 bridgehead atoms. The molecule has 0 heterocycles. The maximum Gasteiger partial charge on any atom is 0.277 e. The van der Waals surface area contributed by atoms with Crippen LogP contribution in [-0.2, 0) is 0 Å². The highest BCUT2D eigenvalue weighted by molar-refractivity contribution is 9.10. The first-order valence-corrected chi connectivity index (χ1v) is 6.44. The van der Waals surface area contributed by atoms with Gasteiger partial charge in [-0.15, -0.1) is 0 Å². The molecule has 20 heavy (non-hydrogen) atoms. The number of nitrogens with zero attached hydrogens (tertiary/aromatic N) is 1. The Bertz CT molecular complexity index is 716. The van der Waals surface area contributed by atoms with Gasteiger partial charge in [0, 0.05) is 21.7 Å². The molecule has 2 aromatic rings. The van der Waals surface area contributed by atoms with Crippen LogP contribution in [-0.4, -0.2) is 10.7 Å². The first kappa shape index (κ1) is 14.3. The minimum absolute atomic E-state index is 0.190. The number of benzene rings is 2. The number of hydrogen-bond donors (Lipinski definition) is 0. The van der Waals surface area contributed by atoms with Gasteiger partial charge in [0.2, 0.25) is 0 Å². The maximum absolute atomic E-state index is 13.1. The number of halogens is 2. The lowest BCUT2D eigenvalue weighted by molar-refractivity contribution is -0.384. The topological polar surface area (TPSA) is 60.2 Å². The van der Waals surface area contributed by atoms with E-state index in [0.717, 1.165) is 0 Å². The number of Topliss-reactive ketones (excluding diaryl/α,β-unsaturated/α-hetero) is 1. The summed E-state index contributed by atoms with van der Waals surface area (Å²) in [4.78, 5) is 21.9. The van der Waals surface area contributed by atoms with Gasteiger partial charge < -0.3 is 0 Å². The molecular formula is C14H9BrFNO3. The molecule has 0 radical (unpaired) electrons. The van der Waals surface area contributed by atoms with Crippen LogP contribution in [0, 0.1) is 15.9 Å². The number of rotatable bonds is 3. The van der Waals surface area contributed by atoms with E-state index in [1.165, 1.54) is 43.3 Å². The summed E-state index contributed by atoms with van der Waals surface area (Å²) >= 11 is 3.19. The van der Waals surface area contributed by atoms with Crippen molar-refractivity contribution >= 4 is 27.4 Å². The van der Waals surface area contributed by atoms with Crippen molar-refractivity contribution < 1.29 is 14.1 Å². The Morgan fingerprint density at radius 1 is 1.20 bits per heavy atom. The van der Waals surface area contributed by atoms with E-state index in [1.54, 1.807) is 0 Å². The smallest absolute Gasteiger partial charge is 0.277 e. The zero-order valence-electron chi connectivity index (χ0n) is 10.4. The van der Waals surface area contributed by atoms with Crippen LogP contribution in [0.4, 0.5) is 10.1 Å². The molecule has 0 amide bonds. The van der Waals surface area contributed by atoms with Crippen molar-refractivity contribution in [1.82, 2.24) is 0 Å². The molecule has 0 atom stereocenters. The summed E-state index contributed by atoms with van der Waals surface area (Å²) in [6, 6.07) is 8.15. The summed E-state index contributed by atoms with van der Waals surface area (Å²) in [5, 5.41) is 11.2. The molecule has 0 saturated heterocycles. The molecule has 0 fully saturated rings. The minimum Gasteiger partial charge on any atom is -0.295 e. The third-order valence-corrected chi connectivity index (χ3v) is 3.48. The van der Waals surface area contributed by atoms with Gasteiger partial charge in [-0.25, -0.2) is 4.39 Å². The Hall–Kier alpha value is -2.08. The zero-order chi connectivity index (χ0) is 14.9. The number of carbonyl (C=O) groups is 1. The Labute approximate surface area is 122 Å². The van der Waals surface area contributed by atoms with Crippen molar-refractivity contribution in [3.05, 3.63) is 62.4 Å². The molecule has 2 aromatic carbocycles. The largest absolute Gasteiger partial charge is 0.295 e. The molecule has 102 valence electrons. The van der Waals surface area contributed by atoms with Crippen LogP contribution in [0.2, 0.25) is 0 Å². The maximum atomic E-state index is 13.1. The average Bonchev–Trinajstić information content (AvgIpc) is 2.38. The first-order chi connectivity index (χ1) is 9.40. The van der Waals surface area contributed by atoms with Gasteiger partial charge >= 0.3 is 0 Å². The SMILES string of the molecule is CC(=O)c1ccc(-c2ccc(F)cc2Br)c([N+](=O)[O-])c1. The van der Waals surface area contributed by atoms with E-state index < -0.39 is 10.7 Å². The van der Waals surface area contributed by atoms with Crippen molar-refractivity contribution in [1.29, 1.82) is 0 Å². The van der Waals surface area contributed by atoms with Crippen LogP contribution in [0.1, 0.15) is 17.3 Å². The van der Waals surface area contributed by atoms with Crippen molar-refractivity contribution in [2.45, 2.75) is 6.92 Å². The molecule has 4 nitrogen and oxygen atoms in total. The van der Waals surface area contributed by atoms with Crippen LogP contribution < -0.4 is 0 Å². The summed E-state index contributed by atoms with van der Waals surface area (Å²) in [6.07, 6.45) is 0. The average molecular weight is 338 g/mol. The summed E-state index contributed by atoms with van der Waals surface area (Å²) < 4.78 is 13.5. The molecule has 0 unspecified atom stereocenters. The van der Waals surface area contributed by atoms with Gasteiger partial charge in [0.05, 0.1) is 10.5 Å². The second-order valence-corrected chi connectivity index (χ2v) is 5.02. The lowest BCUT2D eigenvalue weighted by atomic mass is 10.0. The molecule has 0 aliphatic carbocycles. The van der Waals surface area contributed by atoms with E-state index in [0.29, 0.717) is 15.6 Å². The highest BCUT2D eigenvalue weighted by Crippen LogP contribution is 2.35. The van der Waals surface area contributed by atoms with Crippen LogP contribution >= 0.6 is 15.9 Å². The van der Waals surface area contributed by atoms with Crippen LogP contribution in [0.5, 0.6) is 0 Å². The molecule has 0 aliphatic heterocycles. The van der Waals surface area contributed by atoms with Crippen LogP contribution in [0.25, 0.3) is 11.1 Å². The van der Waals surface area contributed by atoms with Crippen molar-refractivity contribution in [2.75, 3.05) is 0 Å². The standard InChI is InChI=1S/C14H9BrFNO3/c1-8(18)9-2-4-12(14(6-9)17(19)20)11-5-3-10(16)7-13(11)15/h2-7H,1H3. The fourth-order valence-corrected chi connectivity index (χ4v) is 2.40. The highest BCUT2D eigenvalue weighted by Gasteiger charge is 2.19. The third kappa shape index (κ3) is 2.75. The monoisotopic (exact) mass is 337 g/mol. The quantitative estimate of drug-likeness (QED) is 0.474. The van der Waals surface area contributed by atoms with Crippen LogP contribution in [0.15, 0.2) is 40.9 Å². The number of hydrogen-bond acceptors (Lipinski definition) is 3. The number of carbonyl (C=O) groups excluding carboxylic acids is 1. The lowest BCUT2D eigenvalue weighted by Crippen LogP contribution is -1.98. The van der Waals surface area contributed by atoms with E-state index in [4.69, 9.17) is 0 Å². The Balaban J connectivity index is 2.67. The van der Waals surface area contributed by atoms with E-state index in [1.807, 2.05) is 0 Å². The summed E-state index contributed by atoms with van der Waals surface area (Å²) in [5.74, 6) is -0.693. The zero-order valence-corrected chi connectivity index (χ0v) is 12.0. The predicted molar refractivity (Wildman–Crippen MR) is 76.2 cm³/mol. The summed E-state index contributed by atoms with van der Waals surface area (Å²) in [5.41, 5.74) is 0.892. The Morgan fingerprint density at radius 3 is 2.40 bits per heavy atom. The molecule has 0 spiro atoms. The molecule has 0 aliphatic rings. The van der Waals surface area contributed by atoms with Crippen molar-refractivity contribution in [3.8, 4) is 11.1 Å². The van der Waals surface area contributed by atoms with Gasteiger partial charge in [-0.05, 0) is 25.1 Å². The molecule has 6 heteroatoms. The van der Waals surface area contributed by atoms with Gasteiger partial charge in [0.15, 0.2) is 5.78 Å². The van der Waals surface area contributed by atoms with Crippen molar-refractivity contribution in [3.63, 3.8) is 0 Å². The number of nitro groups is 1. The van der Waals surface area contributed by atoms with Crippen LogP contribution in [0.3, 0.4) is 0 Å². The van der Waals surface area contributed by atoms with E-state index in [9.17, 15) is 19.3 Å². The second kappa shape index (κ2) is 5.50. The second-order valence-electron chi connectivity index (χ2n) is 4.17. The van der Waals surface area contributed by atoms with E-state index >= 15 is 0 Å². The summed E-state index contributed by atoms with van der Waals surface area (Å²) in [6.45, 7) is 1.34. The van der Waals surface area contributed by atoms with Gasteiger partial charge in [0.1, 0.15) is 5.82 Å². The van der Waals surface area contributed by atoms with Gasteiger partial charge in [-0.2, -0.15) is 0 Å². The predicted octanol–water partition coefficient (Wildman–Crippen LogP) is 4.37. The van der Waals surface area contributed by atoms with Crippen molar-refractivity contribution in [2.24, 2.45) is 0 Å². The Morgan fingerprint density at radius 2 is 1.85 bits per heavy atom.